The molecule has 0 aliphatic carbocycles. The summed E-state index contributed by atoms with van der Waals surface area (Å²) in [6, 6.07) is 2.28. The molecule has 0 spiro atoms. The molecule has 2 heterocycles. The summed E-state index contributed by atoms with van der Waals surface area (Å²) < 4.78 is 0. The number of thiophene rings is 1. The third kappa shape index (κ3) is 2.61. The number of hydrogen-bond acceptors (Lipinski definition) is 1. The maximum absolute atomic E-state index is 2.40. The first-order chi connectivity index (χ1) is 7.83. The highest BCUT2D eigenvalue weighted by molar-refractivity contribution is 8.23. The monoisotopic (exact) mass is 252 g/mol. The predicted octanol–water partition coefficient (Wildman–Crippen LogP) is 5.35. The van der Waals surface area contributed by atoms with Crippen molar-refractivity contribution in [1.29, 1.82) is 0 Å². The van der Waals surface area contributed by atoms with E-state index in [0.29, 0.717) is 0 Å². The van der Waals surface area contributed by atoms with Crippen molar-refractivity contribution in [2.45, 2.75) is 38.0 Å². The van der Waals surface area contributed by atoms with Crippen LogP contribution in [0.1, 0.15) is 33.1 Å². The van der Waals surface area contributed by atoms with E-state index in [2.05, 4.69) is 48.2 Å². The third-order valence-electron chi connectivity index (χ3n) is 3.06. The van der Waals surface area contributed by atoms with E-state index >= 15 is 0 Å². The van der Waals surface area contributed by atoms with E-state index in [4.69, 9.17) is 0 Å². The molecule has 1 aromatic heterocycles. The first-order valence-corrected chi connectivity index (χ1v) is 8.38. The van der Waals surface area contributed by atoms with E-state index in [1.165, 1.54) is 24.2 Å². The summed E-state index contributed by atoms with van der Waals surface area (Å²) in [5, 5.41) is 6.90. The molecule has 0 N–H and O–H groups in total. The number of unbranched alkanes of at least 4 members (excludes halogenated alkanes) is 1. The Morgan fingerprint density at radius 2 is 2.31 bits per heavy atom. The quantitative estimate of drug-likeness (QED) is 0.671. The molecule has 2 unspecified atom stereocenters. The third-order valence-corrected chi connectivity index (χ3v) is 6.37. The lowest BCUT2D eigenvalue weighted by atomic mass is 10.0. The highest BCUT2D eigenvalue weighted by atomic mass is 32.2. The zero-order chi connectivity index (χ0) is 11.4. The van der Waals surface area contributed by atoms with Crippen LogP contribution in [-0.4, -0.2) is 0 Å². The van der Waals surface area contributed by atoms with Crippen molar-refractivity contribution in [2.24, 2.45) is 5.92 Å². The lowest BCUT2D eigenvalue weighted by molar-refractivity contribution is 0.591. The molecule has 0 radical (unpaired) electrons. The van der Waals surface area contributed by atoms with Gasteiger partial charge < -0.3 is 0 Å². The SMILES string of the molecule is CCCCC(C)C1=CC=C[SH]1c1ccsc1. The highest BCUT2D eigenvalue weighted by Crippen LogP contribution is 2.52. The molecule has 2 atom stereocenters. The molecule has 0 amide bonds. The van der Waals surface area contributed by atoms with Crippen molar-refractivity contribution in [3.63, 3.8) is 0 Å². The van der Waals surface area contributed by atoms with E-state index < -0.39 is 0 Å². The maximum Gasteiger partial charge on any atom is 0.00547 e. The lowest BCUT2D eigenvalue weighted by Crippen LogP contribution is -1.98. The van der Waals surface area contributed by atoms with Crippen LogP contribution in [0.15, 0.2) is 44.2 Å². The van der Waals surface area contributed by atoms with Crippen molar-refractivity contribution >= 4 is 22.2 Å². The van der Waals surface area contributed by atoms with Crippen LogP contribution in [0.3, 0.4) is 0 Å². The second-order valence-corrected chi connectivity index (χ2v) is 7.18. The van der Waals surface area contributed by atoms with Crippen LogP contribution in [0, 0.1) is 5.92 Å². The Labute approximate surface area is 105 Å². The standard InChI is InChI=1S/C14H20S2/c1-3-4-6-12(2)14-7-5-10-16(14)13-8-9-15-11-13/h5,7-12,16H,3-4,6H2,1-2H3. The van der Waals surface area contributed by atoms with E-state index in [-0.39, 0.29) is 10.9 Å². The molecule has 1 aliphatic heterocycles. The molecule has 0 saturated carbocycles. The van der Waals surface area contributed by atoms with E-state index in [0.717, 1.165) is 5.92 Å². The fourth-order valence-corrected chi connectivity index (χ4v) is 5.33. The molecule has 16 heavy (non-hydrogen) atoms. The number of allylic oxidation sites excluding steroid dienone is 3. The molecular weight excluding hydrogens is 232 g/mol. The van der Waals surface area contributed by atoms with Gasteiger partial charge in [0.2, 0.25) is 0 Å². The topological polar surface area (TPSA) is 0 Å². The molecule has 0 aromatic carbocycles. The minimum absolute atomic E-state index is 0.132. The minimum atomic E-state index is -0.132. The first-order valence-electron chi connectivity index (χ1n) is 6.02. The highest BCUT2D eigenvalue weighted by Gasteiger charge is 2.18. The van der Waals surface area contributed by atoms with Gasteiger partial charge in [0.1, 0.15) is 0 Å². The average molecular weight is 252 g/mol. The smallest absolute Gasteiger partial charge is 0.00547 e. The van der Waals surface area contributed by atoms with Crippen LogP contribution in [0.25, 0.3) is 0 Å². The molecule has 88 valence electrons. The molecule has 0 saturated heterocycles. The summed E-state index contributed by atoms with van der Waals surface area (Å²) >= 11 is 1.81. The summed E-state index contributed by atoms with van der Waals surface area (Å²) in [4.78, 5) is 3.20. The van der Waals surface area contributed by atoms with Gasteiger partial charge in [-0.1, -0.05) is 38.8 Å². The molecule has 0 nitrogen and oxygen atoms in total. The van der Waals surface area contributed by atoms with Crippen LogP contribution in [-0.2, 0) is 0 Å². The van der Waals surface area contributed by atoms with Gasteiger partial charge in [0, 0.05) is 10.3 Å². The summed E-state index contributed by atoms with van der Waals surface area (Å²) in [7, 11) is -0.132. The van der Waals surface area contributed by atoms with Crippen LogP contribution in [0.2, 0.25) is 0 Å². The van der Waals surface area contributed by atoms with Gasteiger partial charge >= 0.3 is 0 Å². The van der Waals surface area contributed by atoms with Gasteiger partial charge in [0.05, 0.1) is 0 Å². The molecular formula is C14H20S2. The molecule has 0 fully saturated rings. The lowest BCUT2D eigenvalue weighted by Gasteiger charge is -2.22. The number of thiol groups is 1. The summed E-state index contributed by atoms with van der Waals surface area (Å²) in [6.45, 7) is 4.66. The van der Waals surface area contributed by atoms with Crippen LogP contribution in [0.4, 0.5) is 0 Å². The van der Waals surface area contributed by atoms with Crippen LogP contribution in [0.5, 0.6) is 0 Å². The minimum Gasteiger partial charge on any atom is -0.182 e. The average Bonchev–Trinajstić information content (AvgIpc) is 2.94. The Balaban J connectivity index is 2.05. The van der Waals surface area contributed by atoms with E-state index in [1.807, 2.05) is 11.3 Å². The van der Waals surface area contributed by atoms with Crippen molar-refractivity contribution in [3.8, 4) is 0 Å². The van der Waals surface area contributed by atoms with Gasteiger partial charge in [-0.15, -0.1) is 0 Å². The van der Waals surface area contributed by atoms with Crippen molar-refractivity contribution in [2.75, 3.05) is 0 Å². The Hall–Kier alpha value is -0.470. The van der Waals surface area contributed by atoms with E-state index in [9.17, 15) is 0 Å². The van der Waals surface area contributed by atoms with Gasteiger partial charge in [-0.2, -0.15) is 22.2 Å². The van der Waals surface area contributed by atoms with Gasteiger partial charge in [-0.05, 0) is 34.1 Å². The molecule has 0 bridgehead atoms. The van der Waals surface area contributed by atoms with Crippen molar-refractivity contribution in [1.82, 2.24) is 0 Å². The van der Waals surface area contributed by atoms with Crippen LogP contribution < -0.4 is 0 Å². The Morgan fingerprint density at radius 3 is 3.00 bits per heavy atom. The van der Waals surface area contributed by atoms with Crippen LogP contribution >= 0.6 is 22.2 Å². The van der Waals surface area contributed by atoms with Crippen molar-refractivity contribution in [3.05, 3.63) is 39.3 Å². The summed E-state index contributed by atoms with van der Waals surface area (Å²) in [5.74, 6) is 0.751. The number of rotatable bonds is 5. The zero-order valence-corrected chi connectivity index (χ0v) is 11.7. The van der Waals surface area contributed by atoms with Gasteiger partial charge in [-0.3, -0.25) is 0 Å². The van der Waals surface area contributed by atoms with Gasteiger partial charge in [-0.25, -0.2) is 0 Å². The molecule has 2 rings (SSSR count). The normalized spacial score (nSPS) is 23.4. The molecule has 2 heteroatoms. The molecule has 1 aromatic rings. The first kappa shape index (κ1) is 12.0. The van der Waals surface area contributed by atoms with Crippen molar-refractivity contribution < 1.29 is 0 Å². The largest absolute Gasteiger partial charge is 0.182 e. The second kappa shape index (κ2) is 5.74. The summed E-state index contributed by atoms with van der Waals surface area (Å²) in [6.07, 6.45) is 8.60. The Kier molecular flexibility index (Phi) is 4.30. The summed E-state index contributed by atoms with van der Waals surface area (Å²) in [5.41, 5.74) is 0. The predicted molar refractivity (Wildman–Crippen MR) is 77.5 cm³/mol. The maximum atomic E-state index is 2.40. The number of hydrogen-bond donors (Lipinski definition) is 1. The second-order valence-electron chi connectivity index (χ2n) is 4.33. The molecule has 1 aliphatic rings. The van der Waals surface area contributed by atoms with E-state index in [1.54, 1.807) is 4.91 Å². The fourth-order valence-electron chi connectivity index (χ4n) is 2.08. The Bertz CT molecular complexity index is 373. The Morgan fingerprint density at radius 1 is 1.44 bits per heavy atom. The van der Waals surface area contributed by atoms with Gasteiger partial charge in [0.15, 0.2) is 0 Å². The fraction of sp³-hybridized carbons (Fsp3) is 0.429. The zero-order valence-electron chi connectivity index (χ0n) is 10.0. The van der Waals surface area contributed by atoms with Gasteiger partial charge in [0.25, 0.3) is 0 Å².